The van der Waals surface area contributed by atoms with Crippen molar-refractivity contribution in [2.24, 2.45) is 5.73 Å². The van der Waals surface area contributed by atoms with Crippen LogP contribution in [-0.2, 0) is 9.84 Å². The standard InChI is InChI=1S/C20H23FN2O2S/c1-4-5-15(2)23(14-20(22)16-6-8-17(21)9-7-16)18-10-12-19(13-11-18)26(3,24)25/h4-15H,22H2,1-3H3/b5-4+,20-14-. The average molecular weight is 374 g/mol. The summed E-state index contributed by atoms with van der Waals surface area (Å²) < 4.78 is 36.4. The Labute approximate surface area is 154 Å². The van der Waals surface area contributed by atoms with Gasteiger partial charge >= 0.3 is 0 Å². The van der Waals surface area contributed by atoms with Crippen molar-refractivity contribution in [3.05, 3.63) is 78.3 Å². The highest BCUT2D eigenvalue weighted by molar-refractivity contribution is 7.90. The molecule has 0 heterocycles. The number of halogens is 1. The first-order valence-corrected chi connectivity index (χ1v) is 10.1. The molecule has 0 saturated heterocycles. The van der Waals surface area contributed by atoms with Gasteiger partial charge in [-0.3, -0.25) is 0 Å². The van der Waals surface area contributed by atoms with Crippen LogP contribution in [0.3, 0.4) is 0 Å². The molecule has 2 N–H and O–H groups in total. The monoisotopic (exact) mass is 374 g/mol. The second-order valence-corrected chi connectivity index (χ2v) is 8.05. The minimum Gasteiger partial charge on any atom is -0.397 e. The zero-order valence-corrected chi connectivity index (χ0v) is 15.9. The zero-order valence-electron chi connectivity index (χ0n) is 15.1. The van der Waals surface area contributed by atoms with E-state index in [0.29, 0.717) is 11.3 Å². The zero-order chi connectivity index (χ0) is 19.3. The third kappa shape index (κ3) is 4.95. The van der Waals surface area contributed by atoms with Crippen LogP contribution in [0.25, 0.3) is 5.70 Å². The highest BCUT2D eigenvalue weighted by Crippen LogP contribution is 2.23. The molecule has 0 aliphatic carbocycles. The van der Waals surface area contributed by atoms with Crippen molar-refractivity contribution in [3.63, 3.8) is 0 Å². The Bertz CT molecular complexity index is 902. The molecule has 26 heavy (non-hydrogen) atoms. The summed E-state index contributed by atoms with van der Waals surface area (Å²) in [5, 5.41) is 0. The van der Waals surface area contributed by atoms with Gasteiger partial charge in [-0.2, -0.15) is 0 Å². The summed E-state index contributed by atoms with van der Waals surface area (Å²) in [7, 11) is -3.25. The van der Waals surface area contributed by atoms with Crippen LogP contribution in [0.4, 0.5) is 10.1 Å². The summed E-state index contributed by atoms with van der Waals surface area (Å²) >= 11 is 0. The SMILES string of the molecule is C/C=C/C(C)N(/C=C(\N)c1ccc(F)cc1)c1ccc(S(C)(=O)=O)cc1. The number of hydrogen-bond acceptors (Lipinski definition) is 4. The van der Waals surface area contributed by atoms with Crippen molar-refractivity contribution in [2.45, 2.75) is 24.8 Å². The van der Waals surface area contributed by atoms with E-state index < -0.39 is 9.84 Å². The van der Waals surface area contributed by atoms with Crippen molar-refractivity contribution in [1.82, 2.24) is 0 Å². The number of nitrogens with two attached hydrogens (primary N) is 1. The Morgan fingerprint density at radius 1 is 1.12 bits per heavy atom. The van der Waals surface area contributed by atoms with Gasteiger partial charge in [0, 0.05) is 24.2 Å². The Morgan fingerprint density at radius 3 is 2.19 bits per heavy atom. The van der Waals surface area contributed by atoms with Gasteiger partial charge in [0.25, 0.3) is 0 Å². The molecular weight excluding hydrogens is 351 g/mol. The molecule has 0 bridgehead atoms. The minimum atomic E-state index is -3.25. The van der Waals surface area contributed by atoms with Gasteiger partial charge < -0.3 is 10.6 Å². The molecule has 2 rings (SSSR count). The molecule has 0 aliphatic rings. The van der Waals surface area contributed by atoms with E-state index in [4.69, 9.17) is 5.73 Å². The predicted octanol–water partition coefficient (Wildman–Crippen LogP) is 3.96. The van der Waals surface area contributed by atoms with Crippen molar-refractivity contribution in [2.75, 3.05) is 11.2 Å². The fraction of sp³-hybridized carbons (Fsp3) is 0.200. The first-order valence-electron chi connectivity index (χ1n) is 8.17. The Hall–Kier alpha value is -2.60. The lowest BCUT2D eigenvalue weighted by atomic mass is 10.1. The Balaban J connectivity index is 2.43. The first kappa shape index (κ1) is 19.7. The predicted molar refractivity (Wildman–Crippen MR) is 105 cm³/mol. The maximum absolute atomic E-state index is 13.1. The first-order chi connectivity index (χ1) is 12.2. The van der Waals surface area contributed by atoms with Crippen molar-refractivity contribution in [3.8, 4) is 0 Å². The Morgan fingerprint density at radius 2 is 1.69 bits per heavy atom. The summed E-state index contributed by atoms with van der Waals surface area (Å²) in [6.45, 7) is 3.92. The van der Waals surface area contributed by atoms with E-state index in [0.717, 1.165) is 5.69 Å². The summed E-state index contributed by atoms with van der Waals surface area (Å²) in [6, 6.07) is 12.6. The van der Waals surface area contributed by atoms with Crippen LogP contribution in [0.5, 0.6) is 0 Å². The van der Waals surface area contributed by atoms with E-state index in [1.807, 2.05) is 30.9 Å². The number of benzene rings is 2. The highest BCUT2D eigenvalue weighted by atomic mass is 32.2. The van der Waals surface area contributed by atoms with Gasteiger partial charge in [0.2, 0.25) is 0 Å². The van der Waals surface area contributed by atoms with Gasteiger partial charge in [-0.15, -0.1) is 0 Å². The maximum Gasteiger partial charge on any atom is 0.175 e. The van der Waals surface area contributed by atoms with Crippen LogP contribution in [0.15, 0.2) is 71.8 Å². The Kier molecular flexibility index (Phi) is 6.21. The van der Waals surface area contributed by atoms with E-state index in [1.54, 1.807) is 42.6 Å². The fourth-order valence-electron chi connectivity index (χ4n) is 2.53. The molecule has 2 aromatic rings. The molecule has 0 aliphatic heterocycles. The fourth-order valence-corrected chi connectivity index (χ4v) is 3.16. The van der Waals surface area contributed by atoms with Crippen LogP contribution in [0.2, 0.25) is 0 Å². The third-order valence-electron chi connectivity index (χ3n) is 3.93. The van der Waals surface area contributed by atoms with Gasteiger partial charge in [0.15, 0.2) is 9.84 Å². The molecule has 0 radical (unpaired) electrons. The molecule has 0 aromatic heterocycles. The normalized spacial score (nSPS) is 13.8. The van der Waals surface area contributed by atoms with E-state index in [2.05, 4.69) is 0 Å². The molecule has 2 aromatic carbocycles. The molecule has 0 amide bonds. The van der Waals surface area contributed by atoms with Gasteiger partial charge in [-0.25, -0.2) is 12.8 Å². The van der Waals surface area contributed by atoms with Gasteiger partial charge in [0.05, 0.1) is 10.6 Å². The van der Waals surface area contributed by atoms with Crippen molar-refractivity contribution < 1.29 is 12.8 Å². The quantitative estimate of drug-likeness (QED) is 0.778. The smallest absolute Gasteiger partial charge is 0.175 e. The maximum atomic E-state index is 13.1. The molecule has 138 valence electrons. The van der Waals surface area contributed by atoms with Crippen LogP contribution in [-0.4, -0.2) is 20.7 Å². The lowest BCUT2D eigenvalue weighted by molar-refractivity contribution is 0.602. The van der Waals surface area contributed by atoms with E-state index in [1.165, 1.54) is 18.4 Å². The molecule has 0 spiro atoms. The second kappa shape index (κ2) is 8.19. The van der Waals surface area contributed by atoms with Gasteiger partial charge in [-0.05, 0) is 67.9 Å². The molecule has 0 fully saturated rings. The molecule has 1 atom stereocenters. The largest absolute Gasteiger partial charge is 0.397 e. The number of anilines is 1. The number of nitrogens with zero attached hydrogens (tertiary/aromatic N) is 1. The van der Waals surface area contributed by atoms with Crippen molar-refractivity contribution >= 4 is 21.2 Å². The summed E-state index contributed by atoms with van der Waals surface area (Å²) in [5.41, 5.74) is 8.18. The van der Waals surface area contributed by atoms with Crippen LogP contribution in [0, 0.1) is 5.82 Å². The molecule has 1 unspecified atom stereocenters. The summed E-state index contributed by atoms with van der Waals surface area (Å²) in [6.07, 6.45) is 6.88. The summed E-state index contributed by atoms with van der Waals surface area (Å²) in [5.74, 6) is -0.322. The van der Waals surface area contributed by atoms with Crippen LogP contribution in [0.1, 0.15) is 19.4 Å². The lowest BCUT2D eigenvalue weighted by Gasteiger charge is -2.27. The average Bonchev–Trinajstić information content (AvgIpc) is 2.59. The van der Waals surface area contributed by atoms with Crippen LogP contribution >= 0.6 is 0 Å². The molecule has 4 nitrogen and oxygen atoms in total. The highest BCUT2D eigenvalue weighted by Gasteiger charge is 2.13. The number of allylic oxidation sites excluding steroid dienone is 1. The van der Waals surface area contributed by atoms with Crippen molar-refractivity contribution in [1.29, 1.82) is 0 Å². The lowest BCUT2D eigenvalue weighted by Crippen LogP contribution is -2.27. The third-order valence-corrected chi connectivity index (χ3v) is 5.06. The molecule has 6 heteroatoms. The van der Waals surface area contributed by atoms with Gasteiger partial charge in [0.1, 0.15) is 5.82 Å². The van der Waals surface area contributed by atoms with Gasteiger partial charge in [-0.1, -0.05) is 12.2 Å². The van der Waals surface area contributed by atoms with Crippen LogP contribution < -0.4 is 10.6 Å². The topological polar surface area (TPSA) is 63.4 Å². The minimum absolute atomic E-state index is 0.0110. The number of hydrogen-bond donors (Lipinski definition) is 1. The number of sulfone groups is 1. The molecule has 0 saturated carbocycles. The number of rotatable bonds is 6. The molecular formula is C20H23FN2O2S. The van der Waals surface area contributed by atoms with E-state index in [9.17, 15) is 12.8 Å². The van der Waals surface area contributed by atoms with E-state index >= 15 is 0 Å². The van der Waals surface area contributed by atoms with E-state index in [-0.39, 0.29) is 16.8 Å². The summed E-state index contributed by atoms with van der Waals surface area (Å²) in [4.78, 5) is 2.19. The second-order valence-electron chi connectivity index (χ2n) is 6.03.